The van der Waals surface area contributed by atoms with Crippen LogP contribution < -0.4 is 11.5 Å². The highest BCUT2D eigenvalue weighted by Gasteiger charge is 2.14. The molecule has 3 aromatic heterocycles. The van der Waals surface area contributed by atoms with Crippen LogP contribution in [0.5, 0.6) is 0 Å². The molecule has 0 aliphatic heterocycles. The number of pyridine rings is 1. The number of H-pyrrole nitrogens is 1. The number of nitrogen functional groups attached to an aromatic ring is 2. The predicted molar refractivity (Wildman–Crippen MR) is 68.6 cm³/mol. The molecule has 5 N–H and O–H groups in total. The Bertz CT molecular complexity index is 678. The highest BCUT2D eigenvalue weighted by Crippen LogP contribution is 2.31. The van der Waals surface area contributed by atoms with Crippen LogP contribution in [0.15, 0.2) is 12.1 Å². The van der Waals surface area contributed by atoms with Gasteiger partial charge in [-0.15, -0.1) is 0 Å². The maximum atomic E-state index is 5.88. The number of hydrogen-bond acceptors (Lipinski definition) is 6. The molecule has 6 nitrogen and oxygen atoms in total. The first-order valence-electron chi connectivity index (χ1n) is 4.99. The topological polar surface area (TPSA) is 106 Å². The van der Waals surface area contributed by atoms with Crippen molar-refractivity contribution in [1.82, 2.24) is 19.3 Å². The maximum absolute atomic E-state index is 5.88. The fourth-order valence-corrected chi connectivity index (χ4v) is 2.36. The van der Waals surface area contributed by atoms with Crippen LogP contribution in [-0.4, -0.2) is 19.3 Å². The minimum atomic E-state index is 0.448. The highest BCUT2D eigenvalue weighted by atomic mass is 32.1. The summed E-state index contributed by atoms with van der Waals surface area (Å²) < 4.78 is 4.19. The van der Waals surface area contributed by atoms with Gasteiger partial charge in [0.25, 0.3) is 0 Å². The van der Waals surface area contributed by atoms with E-state index in [4.69, 9.17) is 11.5 Å². The van der Waals surface area contributed by atoms with Gasteiger partial charge in [0, 0.05) is 0 Å². The predicted octanol–water partition coefficient (Wildman–Crippen LogP) is 1.55. The van der Waals surface area contributed by atoms with E-state index in [1.54, 1.807) is 6.07 Å². The molecule has 0 aromatic carbocycles. The molecule has 0 saturated heterocycles. The number of aryl methyl sites for hydroxylation is 1. The van der Waals surface area contributed by atoms with E-state index in [1.807, 2.05) is 13.0 Å². The summed E-state index contributed by atoms with van der Waals surface area (Å²) in [5.41, 5.74) is 14.6. The van der Waals surface area contributed by atoms with Crippen molar-refractivity contribution in [2.75, 3.05) is 11.5 Å². The molecule has 0 spiro atoms. The van der Waals surface area contributed by atoms with Gasteiger partial charge in [0.2, 0.25) is 0 Å². The van der Waals surface area contributed by atoms with E-state index >= 15 is 0 Å². The van der Waals surface area contributed by atoms with Crippen LogP contribution in [-0.2, 0) is 0 Å². The molecule has 0 aliphatic rings. The Morgan fingerprint density at radius 3 is 2.76 bits per heavy atom. The summed E-state index contributed by atoms with van der Waals surface area (Å²) in [4.78, 5) is 11.7. The molecule has 3 rings (SSSR count). The van der Waals surface area contributed by atoms with Gasteiger partial charge < -0.3 is 16.5 Å². The average molecular weight is 246 g/mol. The number of hydrogen-bond donors (Lipinski definition) is 3. The van der Waals surface area contributed by atoms with E-state index < -0.39 is 0 Å². The van der Waals surface area contributed by atoms with Crippen LogP contribution >= 0.6 is 11.5 Å². The number of fused-ring (bicyclic) bond motifs is 1. The zero-order valence-electron chi connectivity index (χ0n) is 9.06. The number of imidazole rings is 1. The molecular weight excluding hydrogens is 236 g/mol. The van der Waals surface area contributed by atoms with Crippen LogP contribution in [0.4, 0.5) is 10.8 Å². The summed E-state index contributed by atoms with van der Waals surface area (Å²) in [6, 6.07) is 3.58. The van der Waals surface area contributed by atoms with E-state index in [2.05, 4.69) is 19.3 Å². The van der Waals surface area contributed by atoms with Gasteiger partial charge in [-0.25, -0.2) is 9.97 Å². The van der Waals surface area contributed by atoms with E-state index in [1.165, 1.54) is 11.5 Å². The molecule has 0 aliphatic carbocycles. The SMILES string of the molecule is Cc1nsc(N)c1-c1nc2nc(N)ccc2[nH]1. The summed E-state index contributed by atoms with van der Waals surface area (Å²) in [6.07, 6.45) is 0. The number of rotatable bonds is 1. The quantitative estimate of drug-likeness (QED) is 0.604. The van der Waals surface area contributed by atoms with E-state index in [0.29, 0.717) is 22.3 Å². The Morgan fingerprint density at radius 2 is 2.06 bits per heavy atom. The monoisotopic (exact) mass is 246 g/mol. The third-order valence-corrected chi connectivity index (χ3v) is 3.26. The molecule has 0 saturated carbocycles. The number of aromatic amines is 1. The first-order valence-corrected chi connectivity index (χ1v) is 5.77. The molecule has 3 aromatic rings. The Balaban J connectivity index is 2.25. The van der Waals surface area contributed by atoms with Crippen molar-refractivity contribution in [2.24, 2.45) is 0 Å². The number of nitrogens with zero attached hydrogens (tertiary/aromatic N) is 3. The van der Waals surface area contributed by atoms with Crippen LogP contribution in [0.2, 0.25) is 0 Å². The minimum Gasteiger partial charge on any atom is -0.389 e. The van der Waals surface area contributed by atoms with E-state index in [9.17, 15) is 0 Å². The molecule has 86 valence electrons. The third kappa shape index (κ3) is 1.51. The first-order chi connectivity index (χ1) is 8.15. The second-order valence-electron chi connectivity index (χ2n) is 3.70. The van der Waals surface area contributed by atoms with Crippen LogP contribution in [0.25, 0.3) is 22.6 Å². The van der Waals surface area contributed by atoms with Crippen molar-refractivity contribution >= 4 is 33.5 Å². The zero-order chi connectivity index (χ0) is 12.0. The van der Waals surface area contributed by atoms with Crippen molar-refractivity contribution in [3.63, 3.8) is 0 Å². The molecule has 0 radical (unpaired) electrons. The van der Waals surface area contributed by atoms with Gasteiger partial charge in [0.1, 0.15) is 16.6 Å². The van der Waals surface area contributed by atoms with Gasteiger partial charge in [-0.2, -0.15) is 4.37 Å². The number of nitrogens with two attached hydrogens (primary N) is 2. The molecule has 0 unspecified atom stereocenters. The Hall–Kier alpha value is -2.15. The van der Waals surface area contributed by atoms with Gasteiger partial charge >= 0.3 is 0 Å². The number of aromatic nitrogens is 4. The average Bonchev–Trinajstić information content (AvgIpc) is 2.81. The highest BCUT2D eigenvalue weighted by molar-refractivity contribution is 7.10. The third-order valence-electron chi connectivity index (χ3n) is 2.49. The van der Waals surface area contributed by atoms with Crippen molar-refractivity contribution < 1.29 is 0 Å². The van der Waals surface area contributed by atoms with Gasteiger partial charge in [-0.3, -0.25) is 0 Å². The van der Waals surface area contributed by atoms with E-state index in [-0.39, 0.29) is 0 Å². The molecule has 17 heavy (non-hydrogen) atoms. The lowest BCUT2D eigenvalue weighted by Crippen LogP contribution is -1.89. The molecule has 7 heteroatoms. The smallest absolute Gasteiger partial charge is 0.180 e. The summed E-state index contributed by atoms with van der Waals surface area (Å²) >= 11 is 1.26. The first kappa shape index (κ1) is 10.0. The Kier molecular flexibility index (Phi) is 2.02. The Labute approximate surface area is 101 Å². The summed E-state index contributed by atoms with van der Waals surface area (Å²) in [6.45, 7) is 1.90. The summed E-state index contributed by atoms with van der Waals surface area (Å²) in [7, 11) is 0. The molecular formula is C10H10N6S. The van der Waals surface area contributed by atoms with Crippen molar-refractivity contribution in [3.8, 4) is 11.4 Å². The van der Waals surface area contributed by atoms with E-state index in [0.717, 1.165) is 16.8 Å². The van der Waals surface area contributed by atoms with Crippen LogP contribution in [0, 0.1) is 6.92 Å². The lowest BCUT2D eigenvalue weighted by atomic mass is 10.2. The number of nitrogens with one attached hydrogen (secondary N) is 1. The van der Waals surface area contributed by atoms with Gasteiger partial charge in [-0.1, -0.05) is 0 Å². The van der Waals surface area contributed by atoms with Crippen molar-refractivity contribution in [1.29, 1.82) is 0 Å². The van der Waals surface area contributed by atoms with Gasteiger partial charge in [-0.05, 0) is 30.6 Å². The lowest BCUT2D eigenvalue weighted by Gasteiger charge is -1.94. The Morgan fingerprint density at radius 1 is 1.24 bits per heavy atom. The summed E-state index contributed by atoms with van der Waals surface area (Å²) in [5.74, 6) is 1.13. The minimum absolute atomic E-state index is 0.448. The van der Waals surface area contributed by atoms with Crippen LogP contribution in [0.1, 0.15) is 5.69 Å². The largest absolute Gasteiger partial charge is 0.389 e. The molecule has 0 fully saturated rings. The normalized spacial score (nSPS) is 11.1. The second kappa shape index (κ2) is 3.42. The maximum Gasteiger partial charge on any atom is 0.180 e. The van der Waals surface area contributed by atoms with Crippen molar-refractivity contribution in [2.45, 2.75) is 6.92 Å². The molecule has 3 heterocycles. The van der Waals surface area contributed by atoms with Gasteiger partial charge in [0.05, 0.1) is 16.8 Å². The van der Waals surface area contributed by atoms with Crippen molar-refractivity contribution in [3.05, 3.63) is 17.8 Å². The molecule has 0 atom stereocenters. The standard InChI is InChI=1S/C10H10N6S/c1-4-7(8(12)17-16-4)10-13-5-2-3-6(11)14-9(5)15-10/h2-3H,12H2,1H3,(H3,11,13,14,15). The summed E-state index contributed by atoms with van der Waals surface area (Å²) in [5, 5.41) is 0.648. The lowest BCUT2D eigenvalue weighted by molar-refractivity contribution is 1.27. The molecule has 0 bridgehead atoms. The van der Waals surface area contributed by atoms with Crippen LogP contribution in [0.3, 0.4) is 0 Å². The van der Waals surface area contributed by atoms with Gasteiger partial charge in [0.15, 0.2) is 5.65 Å². The zero-order valence-corrected chi connectivity index (χ0v) is 9.88. The fourth-order valence-electron chi connectivity index (χ4n) is 1.70. The molecule has 0 amide bonds. The number of anilines is 2. The second-order valence-corrected chi connectivity index (χ2v) is 4.50. The fraction of sp³-hybridized carbons (Fsp3) is 0.100.